The highest BCUT2D eigenvalue weighted by Crippen LogP contribution is 2.14. The summed E-state index contributed by atoms with van der Waals surface area (Å²) in [5, 5.41) is 2.41. The Kier molecular flexibility index (Phi) is 3.45. The normalized spacial score (nSPS) is 11.9. The molecule has 0 spiro atoms. The van der Waals surface area contributed by atoms with Crippen molar-refractivity contribution in [1.29, 1.82) is 0 Å². The van der Waals surface area contributed by atoms with Crippen LogP contribution in [-0.4, -0.2) is 13.1 Å². The number of nitrogens with one attached hydrogen (secondary N) is 1. The van der Waals surface area contributed by atoms with E-state index in [1.54, 1.807) is 7.05 Å². The van der Waals surface area contributed by atoms with Gasteiger partial charge in [-0.05, 0) is 6.92 Å². The van der Waals surface area contributed by atoms with Gasteiger partial charge in [0, 0.05) is 24.7 Å². The van der Waals surface area contributed by atoms with Crippen molar-refractivity contribution in [2.75, 3.05) is 7.05 Å². The first-order valence-electron chi connectivity index (χ1n) is 4.47. The number of nitrogens with zero attached hydrogens (tertiary/aromatic N) is 1. The number of carbonyl (C=O) groups is 1. The highest BCUT2D eigenvalue weighted by Gasteiger charge is 2.10. The van der Waals surface area contributed by atoms with E-state index in [2.05, 4.69) is 5.32 Å². The molecule has 1 amide bonds. The Morgan fingerprint density at radius 1 is 1.50 bits per heavy atom. The van der Waals surface area contributed by atoms with Gasteiger partial charge in [0.2, 0.25) is 0 Å². The SMILES string of the molecule is CNC(=O)OC(C)c1cc[n+](C)cc1. The summed E-state index contributed by atoms with van der Waals surface area (Å²) < 4.78 is 6.99. The van der Waals surface area contributed by atoms with Gasteiger partial charge in [0.15, 0.2) is 12.4 Å². The van der Waals surface area contributed by atoms with Crippen LogP contribution >= 0.6 is 0 Å². The monoisotopic (exact) mass is 195 g/mol. The van der Waals surface area contributed by atoms with Gasteiger partial charge in [0.05, 0.1) is 0 Å². The van der Waals surface area contributed by atoms with E-state index in [0.29, 0.717) is 0 Å². The number of amides is 1. The van der Waals surface area contributed by atoms with Gasteiger partial charge in [-0.25, -0.2) is 9.36 Å². The molecular formula is C10H15N2O2+. The van der Waals surface area contributed by atoms with Crippen molar-refractivity contribution in [3.63, 3.8) is 0 Å². The maximum atomic E-state index is 10.9. The van der Waals surface area contributed by atoms with Crippen molar-refractivity contribution >= 4 is 6.09 Å². The van der Waals surface area contributed by atoms with Crippen LogP contribution in [0.4, 0.5) is 4.79 Å². The fourth-order valence-electron chi connectivity index (χ4n) is 1.07. The van der Waals surface area contributed by atoms with Gasteiger partial charge >= 0.3 is 6.09 Å². The molecule has 4 heteroatoms. The zero-order valence-corrected chi connectivity index (χ0v) is 8.65. The second-order valence-corrected chi connectivity index (χ2v) is 3.09. The second kappa shape index (κ2) is 4.60. The Hall–Kier alpha value is -1.58. The van der Waals surface area contributed by atoms with Crippen LogP contribution in [0.3, 0.4) is 0 Å². The predicted molar refractivity (Wildman–Crippen MR) is 51.6 cm³/mol. The van der Waals surface area contributed by atoms with Crippen molar-refractivity contribution in [1.82, 2.24) is 5.32 Å². The number of hydrogen-bond donors (Lipinski definition) is 1. The average molecular weight is 195 g/mol. The van der Waals surface area contributed by atoms with E-state index in [1.165, 1.54) is 0 Å². The first-order chi connectivity index (χ1) is 6.63. The molecule has 1 unspecified atom stereocenters. The maximum absolute atomic E-state index is 10.9. The molecule has 0 saturated heterocycles. The highest BCUT2D eigenvalue weighted by molar-refractivity contribution is 5.66. The van der Waals surface area contributed by atoms with E-state index in [9.17, 15) is 4.79 Å². The third kappa shape index (κ3) is 2.73. The van der Waals surface area contributed by atoms with Gasteiger partial charge in [-0.3, -0.25) is 0 Å². The third-order valence-electron chi connectivity index (χ3n) is 1.96. The molecule has 1 N–H and O–H groups in total. The van der Waals surface area contributed by atoms with Crippen LogP contribution in [0.1, 0.15) is 18.6 Å². The number of carbonyl (C=O) groups excluding carboxylic acids is 1. The van der Waals surface area contributed by atoms with Gasteiger partial charge in [-0.1, -0.05) is 0 Å². The molecule has 1 rings (SSSR count). The molecule has 1 aromatic heterocycles. The highest BCUT2D eigenvalue weighted by atomic mass is 16.6. The maximum Gasteiger partial charge on any atom is 0.407 e. The minimum absolute atomic E-state index is 0.226. The molecule has 0 radical (unpaired) electrons. The molecule has 0 aliphatic carbocycles. The number of alkyl carbamates (subject to hydrolysis) is 1. The standard InChI is InChI=1S/C10H14N2O2/c1-8(14-10(13)11-2)9-4-6-12(3)7-5-9/h4-8H,1-3H3/p+1. The van der Waals surface area contributed by atoms with Crippen molar-refractivity contribution in [2.45, 2.75) is 13.0 Å². The molecule has 0 aliphatic heterocycles. The number of aromatic nitrogens is 1. The van der Waals surface area contributed by atoms with Crippen LogP contribution in [0.15, 0.2) is 24.5 Å². The molecule has 1 heterocycles. The minimum Gasteiger partial charge on any atom is -0.442 e. The molecule has 0 fully saturated rings. The second-order valence-electron chi connectivity index (χ2n) is 3.09. The lowest BCUT2D eigenvalue weighted by Gasteiger charge is -2.11. The molecule has 4 nitrogen and oxygen atoms in total. The molecule has 0 aliphatic rings. The summed E-state index contributed by atoms with van der Waals surface area (Å²) in [7, 11) is 3.48. The fraction of sp³-hybridized carbons (Fsp3) is 0.400. The predicted octanol–water partition coefficient (Wildman–Crippen LogP) is 0.928. The van der Waals surface area contributed by atoms with Crippen molar-refractivity contribution in [3.8, 4) is 0 Å². The third-order valence-corrected chi connectivity index (χ3v) is 1.96. The fourth-order valence-corrected chi connectivity index (χ4v) is 1.07. The molecule has 1 atom stereocenters. The van der Waals surface area contributed by atoms with E-state index < -0.39 is 6.09 Å². The van der Waals surface area contributed by atoms with E-state index in [-0.39, 0.29) is 6.10 Å². The molecule has 0 saturated carbocycles. The minimum atomic E-state index is -0.411. The molecule has 1 aromatic rings. The Morgan fingerprint density at radius 2 is 2.07 bits per heavy atom. The Morgan fingerprint density at radius 3 is 2.57 bits per heavy atom. The largest absolute Gasteiger partial charge is 0.442 e. The summed E-state index contributed by atoms with van der Waals surface area (Å²) in [6.07, 6.45) is 3.19. The average Bonchev–Trinajstić information content (AvgIpc) is 2.18. The smallest absolute Gasteiger partial charge is 0.407 e. The summed E-state index contributed by atoms with van der Waals surface area (Å²) in [6, 6.07) is 3.85. The Balaban J connectivity index is 2.65. The first kappa shape index (κ1) is 10.5. The summed E-state index contributed by atoms with van der Waals surface area (Å²) >= 11 is 0. The van der Waals surface area contributed by atoms with Crippen LogP contribution < -0.4 is 9.88 Å². The van der Waals surface area contributed by atoms with Crippen LogP contribution in [0.2, 0.25) is 0 Å². The molecule has 0 aromatic carbocycles. The summed E-state index contributed by atoms with van der Waals surface area (Å²) in [5.41, 5.74) is 0.978. The summed E-state index contributed by atoms with van der Waals surface area (Å²) in [6.45, 7) is 1.84. The molecule has 0 bridgehead atoms. The van der Waals surface area contributed by atoms with Gasteiger partial charge < -0.3 is 10.1 Å². The van der Waals surface area contributed by atoms with E-state index in [0.717, 1.165) is 5.56 Å². The lowest BCUT2D eigenvalue weighted by molar-refractivity contribution is -0.671. The molecule has 76 valence electrons. The van der Waals surface area contributed by atoms with Crippen molar-refractivity contribution in [2.24, 2.45) is 7.05 Å². The molecule has 14 heavy (non-hydrogen) atoms. The van der Waals surface area contributed by atoms with E-state index in [4.69, 9.17) is 4.74 Å². The van der Waals surface area contributed by atoms with E-state index >= 15 is 0 Å². The number of rotatable bonds is 2. The van der Waals surface area contributed by atoms with Crippen LogP contribution in [0.5, 0.6) is 0 Å². The zero-order valence-electron chi connectivity index (χ0n) is 8.65. The van der Waals surface area contributed by atoms with E-state index in [1.807, 2.05) is 43.1 Å². The van der Waals surface area contributed by atoms with Crippen LogP contribution in [0, 0.1) is 0 Å². The van der Waals surface area contributed by atoms with Gasteiger partial charge in [0.25, 0.3) is 0 Å². The van der Waals surface area contributed by atoms with Gasteiger partial charge in [-0.15, -0.1) is 0 Å². The lowest BCUT2D eigenvalue weighted by atomic mass is 10.2. The number of ether oxygens (including phenoxy) is 1. The van der Waals surface area contributed by atoms with Gasteiger partial charge in [0.1, 0.15) is 13.2 Å². The van der Waals surface area contributed by atoms with Crippen LogP contribution in [0.25, 0.3) is 0 Å². The summed E-state index contributed by atoms with van der Waals surface area (Å²) in [4.78, 5) is 10.9. The Labute approximate surface area is 83.5 Å². The first-order valence-corrected chi connectivity index (χ1v) is 4.47. The number of aryl methyl sites for hydroxylation is 1. The number of pyridine rings is 1. The number of hydrogen-bond acceptors (Lipinski definition) is 2. The summed E-state index contributed by atoms with van der Waals surface area (Å²) in [5.74, 6) is 0. The quantitative estimate of drug-likeness (QED) is 0.713. The lowest BCUT2D eigenvalue weighted by Crippen LogP contribution is -2.26. The van der Waals surface area contributed by atoms with Crippen LogP contribution in [-0.2, 0) is 11.8 Å². The van der Waals surface area contributed by atoms with Crippen molar-refractivity contribution < 1.29 is 14.1 Å². The Bertz CT molecular complexity index is 308. The topological polar surface area (TPSA) is 42.2 Å². The van der Waals surface area contributed by atoms with Gasteiger partial charge in [-0.2, -0.15) is 0 Å². The zero-order chi connectivity index (χ0) is 10.6. The molecular weight excluding hydrogens is 180 g/mol. The van der Waals surface area contributed by atoms with Crippen molar-refractivity contribution in [3.05, 3.63) is 30.1 Å².